The average molecular weight is 424 g/mol. The fraction of sp³-hybridized carbons (Fsp3) is 0.417. The molecule has 31 heavy (non-hydrogen) atoms. The summed E-state index contributed by atoms with van der Waals surface area (Å²) in [6, 6.07) is 14.5. The van der Waals surface area contributed by atoms with E-state index in [-0.39, 0.29) is 0 Å². The minimum absolute atomic E-state index is 0.477. The van der Waals surface area contributed by atoms with Gasteiger partial charge in [-0.15, -0.1) is 0 Å². The molecule has 1 atom stereocenters. The second-order valence-electron chi connectivity index (χ2n) is 7.71. The van der Waals surface area contributed by atoms with Gasteiger partial charge >= 0.3 is 0 Å². The van der Waals surface area contributed by atoms with Crippen LogP contribution in [0.25, 0.3) is 11.4 Å². The van der Waals surface area contributed by atoms with E-state index in [1.165, 1.54) is 12.0 Å². The Hall–Kier alpha value is -3.06. The highest BCUT2D eigenvalue weighted by atomic mass is 16.5. The number of hydrogen-bond acceptors (Lipinski definition) is 7. The Balaban J connectivity index is 1.46. The van der Waals surface area contributed by atoms with Crippen LogP contribution in [0.5, 0.6) is 17.2 Å². The first-order chi connectivity index (χ1) is 15.2. The third-order valence-corrected chi connectivity index (χ3v) is 5.86. The highest BCUT2D eigenvalue weighted by Gasteiger charge is 2.23. The predicted octanol–water partition coefficient (Wildman–Crippen LogP) is 4.53. The number of methoxy groups -OCH3 is 3. The highest BCUT2D eigenvalue weighted by molar-refractivity contribution is 5.71. The van der Waals surface area contributed by atoms with Gasteiger partial charge in [-0.25, -0.2) is 0 Å². The summed E-state index contributed by atoms with van der Waals surface area (Å²) in [6.45, 7) is 2.68. The van der Waals surface area contributed by atoms with Gasteiger partial charge in [0.2, 0.25) is 17.5 Å². The first kappa shape index (κ1) is 21.2. The molecule has 1 aliphatic heterocycles. The highest BCUT2D eigenvalue weighted by Crippen LogP contribution is 2.43. The van der Waals surface area contributed by atoms with Crippen molar-refractivity contribution >= 4 is 0 Å². The van der Waals surface area contributed by atoms with Gasteiger partial charge in [-0.2, -0.15) is 4.98 Å². The number of likely N-dealkylation sites (tertiary alicyclic amines) is 1. The maximum atomic E-state index is 5.57. The molecule has 2 aromatic carbocycles. The van der Waals surface area contributed by atoms with Crippen LogP contribution in [0.4, 0.5) is 0 Å². The number of ether oxygens (including phenoxy) is 3. The Labute approximate surface area is 182 Å². The zero-order valence-corrected chi connectivity index (χ0v) is 18.3. The summed E-state index contributed by atoms with van der Waals surface area (Å²) >= 11 is 0. The standard InChI is InChI=1S/C24H29N3O4/c1-28-20-12-11-19(22(29-2)23(20)30-3)24-25-21(31-26-24)16-27-14-7-10-18(13-15-27)17-8-5-4-6-9-17/h4-6,8-9,11-12,18H,7,10,13-16H2,1-3H3. The zero-order valence-electron chi connectivity index (χ0n) is 18.3. The van der Waals surface area contributed by atoms with E-state index < -0.39 is 0 Å². The molecule has 164 valence electrons. The summed E-state index contributed by atoms with van der Waals surface area (Å²) < 4.78 is 21.9. The number of hydrogen-bond donors (Lipinski definition) is 0. The largest absolute Gasteiger partial charge is 0.493 e. The van der Waals surface area contributed by atoms with Crippen molar-refractivity contribution in [3.63, 3.8) is 0 Å². The van der Waals surface area contributed by atoms with Crippen molar-refractivity contribution in [1.82, 2.24) is 15.0 Å². The SMILES string of the molecule is COc1ccc(-c2noc(CN3CCCC(c4ccccc4)CC3)n2)c(OC)c1OC. The lowest BCUT2D eigenvalue weighted by atomic mass is 9.92. The van der Waals surface area contributed by atoms with Crippen molar-refractivity contribution in [3.8, 4) is 28.6 Å². The second-order valence-corrected chi connectivity index (χ2v) is 7.71. The van der Waals surface area contributed by atoms with Gasteiger partial charge < -0.3 is 18.7 Å². The zero-order chi connectivity index (χ0) is 21.6. The molecule has 4 rings (SSSR count). The van der Waals surface area contributed by atoms with Crippen LogP contribution in [0, 0.1) is 0 Å². The van der Waals surface area contributed by atoms with Gasteiger partial charge in [-0.3, -0.25) is 4.90 Å². The van der Waals surface area contributed by atoms with Crippen molar-refractivity contribution in [2.24, 2.45) is 0 Å². The molecule has 1 fully saturated rings. The van der Waals surface area contributed by atoms with E-state index >= 15 is 0 Å². The summed E-state index contributed by atoms with van der Waals surface area (Å²) in [6.07, 6.45) is 3.50. The van der Waals surface area contributed by atoms with Gasteiger partial charge in [0, 0.05) is 0 Å². The molecule has 0 amide bonds. The van der Waals surface area contributed by atoms with Crippen LogP contribution in [0.3, 0.4) is 0 Å². The van der Waals surface area contributed by atoms with E-state index in [2.05, 4.69) is 45.4 Å². The van der Waals surface area contributed by atoms with Crippen LogP contribution in [-0.2, 0) is 6.54 Å². The Bertz CT molecular complexity index is 990. The molecule has 0 aliphatic carbocycles. The maximum absolute atomic E-state index is 5.57. The van der Waals surface area contributed by atoms with Crippen molar-refractivity contribution in [3.05, 3.63) is 53.9 Å². The summed E-state index contributed by atoms with van der Waals surface area (Å²) in [7, 11) is 4.75. The number of aromatic nitrogens is 2. The van der Waals surface area contributed by atoms with Gasteiger partial charge in [0.1, 0.15) is 0 Å². The molecule has 1 unspecified atom stereocenters. The lowest BCUT2D eigenvalue weighted by Gasteiger charge is -2.18. The van der Waals surface area contributed by atoms with Crippen LogP contribution < -0.4 is 14.2 Å². The molecular formula is C24H29N3O4. The first-order valence-corrected chi connectivity index (χ1v) is 10.6. The first-order valence-electron chi connectivity index (χ1n) is 10.6. The Morgan fingerprint density at radius 2 is 1.74 bits per heavy atom. The van der Waals surface area contributed by atoms with E-state index in [4.69, 9.17) is 18.7 Å². The molecule has 0 spiro atoms. The summed E-state index contributed by atoms with van der Waals surface area (Å²) in [5.41, 5.74) is 2.14. The molecule has 7 nitrogen and oxygen atoms in total. The van der Waals surface area contributed by atoms with Crippen LogP contribution >= 0.6 is 0 Å². The van der Waals surface area contributed by atoms with Crippen LogP contribution in [0.2, 0.25) is 0 Å². The third-order valence-electron chi connectivity index (χ3n) is 5.86. The minimum Gasteiger partial charge on any atom is -0.493 e. The number of nitrogens with zero attached hydrogens (tertiary/aromatic N) is 3. The molecule has 0 saturated carbocycles. The molecule has 0 radical (unpaired) electrons. The topological polar surface area (TPSA) is 69.9 Å². The minimum atomic E-state index is 0.477. The van der Waals surface area contributed by atoms with Crippen LogP contribution in [0.1, 0.15) is 36.6 Å². The molecule has 1 saturated heterocycles. The van der Waals surface area contributed by atoms with Crippen molar-refractivity contribution in [2.75, 3.05) is 34.4 Å². The lowest BCUT2D eigenvalue weighted by Crippen LogP contribution is -2.24. The molecule has 7 heteroatoms. The Morgan fingerprint density at radius 1 is 0.935 bits per heavy atom. The smallest absolute Gasteiger partial charge is 0.241 e. The molecule has 1 aliphatic rings. The quantitative estimate of drug-likeness (QED) is 0.553. The predicted molar refractivity (Wildman–Crippen MR) is 118 cm³/mol. The molecule has 0 bridgehead atoms. The molecule has 3 aromatic rings. The molecular weight excluding hydrogens is 394 g/mol. The fourth-order valence-corrected chi connectivity index (χ4v) is 4.27. The average Bonchev–Trinajstić information content (AvgIpc) is 3.15. The van der Waals surface area contributed by atoms with Gasteiger partial charge in [0.25, 0.3) is 0 Å². The Kier molecular flexibility index (Phi) is 6.72. The molecule has 0 N–H and O–H groups in total. The Morgan fingerprint density at radius 3 is 2.48 bits per heavy atom. The van der Waals surface area contributed by atoms with Crippen LogP contribution in [-0.4, -0.2) is 49.5 Å². The van der Waals surface area contributed by atoms with Gasteiger partial charge in [0.05, 0.1) is 33.4 Å². The van der Waals surface area contributed by atoms with Gasteiger partial charge in [-0.05, 0) is 56.0 Å². The van der Waals surface area contributed by atoms with E-state index in [0.29, 0.717) is 47.0 Å². The number of rotatable bonds is 7. The third kappa shape index (κ3) is 4.66. The summed E-state index contributed by atoms with van der Waals surface area (Å²) in [5, 5.41) is 4.19. The maximum Gasteiger partial charge on any atom is 0.241 e. The second kappa shape index (κ2) is 9.83. The van der Waals surface area contributed by atoms with Crippen LogP contribution in [0.15, 0.2) is 47.0 Å². The number of benzene rings is 2. The van der Waals surface area contributed by atoms with E-state index in [9.17, 15) is 0 Å². The normalized spacial score (nSPS) is 17.2. The van der Waals surface area contributed by atoms with Crippen molar-refractivity contribution < 1.29 is 18.7 Å². The summed E-state index contributed by atoms with van der Waals surface area (Å²) in [4.78, 5) is 7.02. The van der Waals surface area contributed by atoms with E-state index in [1.807, 2.05) is 12.1 Å². The van der Waals surface area contributed by atoms with Gasteiger partial charge in [0.15, 0.2) is 11.5 Å². The van der Waals surface area contributed by atoms with Crippen molar-refractivity contribution in [2.45, 2.75) is 31.7 Å². The molecule has 2 heterocycles. The fourth-order valence-electron chi connectivity index (χ4n) is 4.27. The summed E-state index contributed by atoms with van der Waals surface area (Å²) in [5.74, 6) is 3.31. The molecule has 1 aromatic heterocycles. The van der Waals surface area contributed by atoms with E-state index in [1.54, 1.807) is 21.3 Å². The lowest BCUT2D eigenvalue weighted by molar-refractivity contribution is 0.233. The van der Waals surface area contributed by atoms with E-state index in [0.717, 1.165) is 25.9 Å². The van der Waals surface area contributed by atoms with Gasteiger partial charge in [-0.1, -0.05) is 35.5 Å². The van der Waals surface area contributed by atoms with Crippen molar-refractivity contribution in [1.29, 1.82) is 0 Å². The monoisotopic (exact) mass is 423 g/mol.